The third-order valence-electron chi connectivity index (χ3n) is 5.45. The smallest absolute Gasteiger partial charge is 0.271 e. The second kappa shape index (κ2) is 8.08. The van der Waals surface area contributed by atoms with E-state index in [-0.39, 0.29) is 17.0 Å². The lowest BCUT2D eigenvalue weighted by molar-refractivity contribution is -0.138. The van der Waals surface area contributed by atoms with Crippen LogP contribution in [-0.2, 0) is 9.59 Å². The van der Waals surface area contributed by atoms with Gasteiger partial charge < -0.3 is 0 Å². The highest BCUT2D eigenvalue weighted by molar-refractivity contribution is 6.19. The van der Waals surface area contributed by atoms with E-state index in [1.165, 1.54) is 13.1 Å². The van der Waals surface area contributed by atoms with Crippen LogP contribution in [-0.4, -0.2) is 33.5 Å². The molecule has 7 heteroatoms. The molecule has 6 nitrogen and oxygen atoms in total. The molecule has 0 fully saturated rings. The minimum Gasteiger partial charge on any atom is -0.277 e. The lowest BCUT2D eigenvalue weighted by atomic mass is 9.93. The topological polar surface area (TPSA) is 79.0 Å². The van der Waals surface area contributed by atoms with Crippen LogP contribution in [0.15, 0.2) is 71.4 Å². The van der Waals surface area contributed by atoms with Gasteiger partial charge in [-0.1, -0.05) is 30.3 Å². The molecule has 0 bridgehead atoms. The number of rotatable bonds is 3. The van der Waals surface area contributed by atoms with Gasteiger partial charge in [-0.2, -0.15) is 10.4 Å². The van der Waals surface area contributed by atoms with Crippen molar-refractivity contribution in [2.24, 2.45) is 0 Å². The van der Waals surface area contributed by atoms with Crippen LogP contribution in [0.4, 0.5) is 4.39 Å². The van der Waals surface area contributed by atoms with E-state index in [9.17, 15) is 19.2 Å². The summed E-state index contributed by atoms with van der Waals surface area (Å²) in [6.45, 7) is 3.25. The van der Waals surface area contributed by atoms with E-state index < -0.39 is 11.8 Å². The fourth-order valence-electron chi connectivity index (χ4n) is 3.52. The first-order valence-corrected chi connectivity index (χ1v) is 9.89. The number of hydrogen-bond donors (Lipinski definition) is 0. The number of carbonyl (C=O) groups is 2. The van der Waals surface area contributed by atoms with E-state index in [4.69, 9.17) is 0 Å². The number of aryl methyl sites for hydroxylation is 1. The fourth-order valence-corrected chi connectivity index (χ4v) is 3.52. The Hall–Kier alpha value is -4.31. The molecule has 1 aliphatic rings. The average molecular weight is 426 g/mol. The maximum Gasteiger partial charge on any atom is 0.271 e. The van der Waals surface area contributed by atoms with E-state index in [2.05, 4.69) is 5.10 Å². The van der Waals surface area contributed by atoms with Crippen molar-refractivity contribution in [3.8, 4) is 23.0 Å². The Labute approximate surface area is 184 Å². The highest BCUT2D eigenvalue weighted by Crippen LogP contribution is 2.31. The summed E-state index contributed by atoms with van der Waals surface area (Å²) in [7, 11) is 1.34. The molecule has 0 aliphatic carbocycles. The number of likely N-dealkylation sites (N-methyl/N-ethyl adjacent to an activating group) is 1. The van der Waals surface area contributed by atoms with Gasteiger partial charge >= 0.3 is 0 Å². The summed E-state index contributed by atoms with van der Waals surface area (Å²) in [5, 5.41) is 14.1. The first-order chi connectivity index (χ1) is 15.3. The third-order valence-corrected chi connectivity index (χ3v) is 5.45. The van der Waals surface area contributed by atoms with Gasteiger partial charge in [0.25, 0.3) is 11.8 Å². The predicted molar refractivity (Wildman–Crippen MR) is 118 cm³/mol. The minimum absolute atomic E-state index is 0.0864. The minimum atomic E-state index is -0.632. The lowest BCUT2D eigenvalue weighted by Crippen LogP contribution is -2.39. The summed E-state index contributed by atoms with van der Waals surface area (Å²) in [4.78, 5) is 26.0. The summed E-state index contributed by atoms with van der Waals surface area (Å²) in [6, 6.07) is 16.1. The molecule has 0 radical (unpaired) electrons. The standard InChI is InChI=1S/C25H19FN4O2/c1-15-9-10-17(12-22(15)26)23-18(14-30(28-23)19-7-5-4-6-8-19)11-20-16(2)21(13-27)25(32)29(3)24(20)31/h4-12,14H,1-3H3/b20-11-. The highest BCUT2D eigenvalue weighted by Gasteiger charge is 2.33. The molecule has 3 aromatic rings. The Morgan fingerprint density at radius 1 is 1.06 bits per heavy atom. The van der Waals surface area contributed by atoms with Gasteiger partial charge in [0.15, 0.2) is 0 Å². The monoisotopic (exact) mass is 426 g/mol. The number of para-hydroxylation sites is 1. The van der Waals surface area contributed by atoms with Gasteiger partial charge in [-0.15, -0.1) is 0 Å². The Morgan fingerprint density at radius 2 is 1.78 bits per heavy atom. The van der Waals surface area contributed by atoms with Crippen molar-refractivity contribution < 1.29 is 14.0 Å². The molecule has 158 valence electrons. The van der Waals surface area contributed by atoms with Crippen LogP contribution in [0.2, 0.25) is 0 Å². The average Bonchev–Trinajstić information content (AvgIpc) is 3.22. The number of amides is 2. The summed E-state index contributed by atoms with van der Waals surface area (Å²) >= 11 is 0. The Balaban J connectivity index is 1.95. The van der Waals surface area contributed by atoms with Crippen molar-refractivity contribution in [1.82, 2.24) is 14.7 Å². The molecule has 4 rings (SSSR count). The number of halogens is 1. The van der Waals surface area contributed by atoms with Crippen LogP contribution < -0.4 is 0 Å². The summed E-state index contributed by atoms with van der Waals surface area (Å²) < 4.78 is 16.0. The van der Waals surface area contributed by atoms with Gasteiger partial charge in [-0.05, 0) is 49.3 Å². The zero-order valence-electron chi connectivity index (χ0n) is 17.8. The van der Waals surface area contributed by atoms with Crippen molar-refractivity contribution >= 4 is 17.9 Å². The van der Waals surface area contributed by atoms with E-state index in [1.807, 2.05) is 36.4 Å². The van der Waals surface area contributed by atoms with Crippen molar-refractivity contribution in [2.45, 2.75) is 13.8 Å². The molecule has 0 saturated carbocycles. The number of nitriles is 1. The molecule has 0 atom stereocenters. The largest absolute Gasteiger partial charge is 0.277 e. The molecule has 2 amide bonds. The van der Waals surface area contributed by atoms with Gasteiger partial charge in [0, 0.05) is 29.9 Å². The summed E-state index contributed by atoms with van der Waals surface area (Å²) in [5.74, 6) is -1.51. The molecule has 0 unspecified atom stereocenters. The quantitative estimate of drug-likeness (QED) is 0.464. The molecule has 1 aromatic heterocycles. The normalized spacial score (nSPS) is 15.5. The molecular formula is C25H19FN4O2. The van der Waals surface area contributed by atoms with E-state index in [0.29, 0.717) is 28.0 Å². The number of hydrogen-bond acceptors (Lipinski definition) is 4. The van der Waals surface area contributed by atoms with Crippen LogP contribution >= 0.6 is 0 Å². The van der Waals surface area contributed by atoms with E-state index in [0.717, 1.165) is 10.6 Å². The SMILES string of the molecule is CC1=C(C#N)C(=O)N(C)C(=O)/C1=C\c1cn(-c2ccccc2)nc1-c1ccc(C)c(F)c1. The number of imide groups is 1. The van der Waals surface area contributed by atoms with Crippen molar-refractivity contribution in [3.63, 3.8) is 0 Å². The molecule has 1 aliphatic heterocycles. The fraction of sp³-hybridized carbons (Fsp3) is 0.120. The van der Waals surface area contributed by atoms with Gasteiger partial charge in [-0.25, -0.2) is 9.07 Å². The zero-order valence-corrected chi connectivity index (χ0v) is 17.8. The van der Waals surface area contributed by atoms with E-state index >= 15 is 0 Å². The predicted octanol–water partition coefficient (Wildman–Crippen LogP) is 4.21. The molecular weight excluding hydrogens is 407 g/mol. The van der Waals surface area contributed by atoms with Crippen molar-refractivity contribution in [1.29, 1.82) is 5.26 Å². The Kier molecular flexibility index (Phi) is 5.29. The molecule has 0 saturated heterocycles. The number of nitrogens with zero attached hydrogens (tertiary/aromatic N) is 4. The number of benzene rings is 2. The molecule has 0 spiro atoms. The summed E-state index contributed by atoms with van der Waals surface area (Å²) in [5.41, 5.74) is 3.30. The van der Waals surface area contributed by atoms with Crippen LogP contribution in [0.5, 0.6) is 0 Å². The van der Waals surface area contributed by atoms with Gasteiger partial charge in [-0.3, -0.25) is 14.5 Å². The number of carbonyl (C=O) groups excluding carboxylic acids is 2. The second-order valence-electron chi connectivity index (χ2n) is 7.52. The van der Waals surface area contributed by atoms with Crippen molar-refractivity contribution in [2.75, 3.05) is 7.05 Å². The first-order valence-electron chi connectivity index (χ1n) is 9.89. The highest BCUT2D eigenvalue weighted by atomic mass is 19.1. The van der Waals surface area contributed by atoms with Crippen LogP contribution in [0.3, 0.4) is 0 Å². The van der Waals surface area contributed by atoms with Crippen LogP contribution in [0, 0.1) is 24.1 Å². The third kappa shape index (κ3) is 3.52. The molecule has 2 aromatic carbocycles. The number of aromatic nitrogens is 2. The van der Waals surface area contributed by atoms with Crippen molar-refractivity contribution in [3.05, 3.63) is 88.4 Å². The lowest BCUT2D eigenvalue weighted by Gasteiger charge is -2.23. The molecule has 0 N–H and O–H groups in total. The van der Waals surface area contributed by atoms with Crippen LogP contribution in [0.25, 0.3) is 23.0 Å². The van der Waals surface area contributed by atoms with Gasteiger partial charge in [0.05, 0.1) is 5.69 Å². The summed E-state index contributed by atoms with van der Waals surface area (Å²) in [6.07, 6.45) is 3.33. The first kappa shape index (κ1) is 20.9. The second-order valence-corrected chi connectivity index (χ2v) is 7.52. The maximum atomic E-state index is 14.3. The molecule has 2 heterocycles. The Bertz CT molecular complexity index is 1360. The van der Waals surface area contributed by atoms with E-state index in [1.54, 1.807) is 42.9 Å². The van der Waals surface area contributed by atoms with Gasteiger partial charge in [0.2, 0.25) is 0 Å². The zero-order chi connectivity index (χ0) is 23.0. The maximum absolute atomic E-state index is 14.3. The Morgan fingerprint density at radius 3 is 2.44 bits per heavy atom. The molecule has 32 heavy (non-hydrogen) atoms. The van der Waals surface area contributed by atoms with Crippen LogP contribution in [0.1, 0.15) is 18.1 Å². The van der Waals surface area contributed by atoms with Gasteiger partial charge in [0.1, 0.15) is 23.2 Å².